The molecule has 7 nitrogen and oxygen atoms in total. The monoisotopic (exact) mass is 482 g/mol. The van der Waals surface area contributed by atoms with Gasteiger partial charge >= 0.3 is 0 Å². The largest absolute Gasteiger partial charge is 0.367 e. The lowest BCUT2D eigenvalue weighted by atomic mass is 9.98. The molecule has 7 heteroatoms. The van der Waals surface area contributed by atoms with Gasteiger partial charge in [-0.25, -0.2) is 4.68 Å². The molecule has 0 aliphatic carbocycles. The molecule has 3 heterocycles. The molecule has 0 aliphatic heterocycles. The molecule has 0 saturated heterocycles. The predicted octanol–water partition coefficient (Wildman–Crippen LogP) is 5.30. The lowest BCUT2D eigenvalue weighted by Crippen LogP contribution is -2.29. The van der Waals surface area contributed by atoms with Gasteiger partial charge in [-0.3, -0.25) is 14.8 Å². The maximum atomic E-state index is 12.9. The van der Waals surface area contributed by atoms with E-state index in [1.165, 1.54) is 0 Å². The van der Waals surface area contributed by atoms with E-state index in [9.17, 15) is 4.79 Å². The first-order chi connectivity index (χ1) is 18.2. The van der Waals surface area contributed by atoms with Gasteiger partial charge < -0.3 is 5.73 Å². The second-order valence-corrected chi connectivity index (χ2v) is 8.64. The van der Waals surface area contributed by atoms with Crippen LogP contribution in [-0.2, 0) is 4.79 Å². The van der Waals surface area contributed by atoms with E-state index in [1.54, 1.807) is 23.3 Å². The van der Waals surface area contributed by atoms with Crippen molar-refractivity contribution >= 4 is 16.7 Å². The van der Waals surface area contributed by atoms with E-state index in [0.717, 1.165) is 33.0 Å². The highest BCUT2D eigenvalue weighted by atomic mass is 16.1. The molecule has 2 N–H and O–H groups in total. The van der Waals surface area contributed by atoms with Crippen LogP contribution in [0.3, 0.4) is 0 Å². The third kappa shape index (κ3) is 4.12. The third-order valence-electron chi connectivity index (χ3n) is 6.38. The fourth-order valence-corrected chi connectivity index (χ4v) is 4.62. The highest BCUT2D eigenvalue weighted by Gasteiger charge is 2.29. The summed E-state index contributed by atoms with van der Waals surface area (Å²) < 4.78 is 1.59. The van der Waals surface area contributed by atoms with Gasteiger partial charge in [-0.1, -0.05) is 84.1 Å². The molecular weight excluding hydrogens is 460 g/mol. The summed E-state index contributed by atoms with van der Waals surface area (Å²) in [6.45, 7) is 0. The van der Waals surface area contributed by atoms with Gasteiger partial charge in [0.05, 0.1) is 11.4 Å². The summed E-state index contributed by atoms with van der Waals surface area (Å²) in [7, 11) is 0. The maximum absolute atomic E-state index is 12.9. The van der Waals surface area contributed by atoms with Gasteiger partial charge in [0.2, 0.25) is 5.91 Å². The van der Waals surface area contributed by atoms with Crippen LogP contribution in [0.1, 0.15) is 11.7 Å². The Morgan fingerprint density at radius 2 is 1.51 bits per heavy atom. The number of hydrogen-bond acceptors (Lipinski definition) is 5. The summed E-state index contributed by atoms with van der Waals surface area (Å²) in [5, 5.41) is 11.1. The summed E-state index contributed by atoms with van der Waals surface area (Å²) in [6, 6.07) is 30.6. The standard InChI is InChI=1S/C30H22N6O/c31-30(37)29(26-14-13-23(19-33-26)20-7-2-1-3-8-20)36-28(27(34-35-36)22-15-17-32-18-16-22)25-12-6-10-21-9-4-5-11-24(21)25/h1-19,29H,(H2,31,37). The molecule has 1 amide bonds. The number of hydrogen-bond donors (Lipinski definition) is 1. The van der Waals surface area contributed by atoms with Crippen LogP contribution in [0.25, 0.3) is 44.4 Å². The molecule has 6 rings (SSSR count). The molecule has 0 bridgehead atoms. The summed E-state index contributed by atoms with van der Waals surface area (Å²) in [6.07, 6.45) is 5.16. The third-order valence-corrected chi connectivity index (χ3v) is 6.38. The van der Waals surface area contributed by atoms with Gasteiger partial charge in [-0.05, 0) is 34.5 Å². The van der Waals surface area contributed by atoms with Crippen molar-refractivity contribution in [1.82, 2.24) is 25.0 Å². The van der Waals surface area contributed by atoms with Crippen molar-refractivity contribution in [2.45, 2.75) is 6.04 Å². The Hall–Kier alpha value is -5.17. The fraction of sp³-hybridized carbons (Fsp3) is 0.0333. The number of pyridine rings is 2. The quantitative estimate of drug-likeness (QED) is 0.347. The minimum Gasteiger partial charge on any atom is -0.367 e. The molecular formula is C30H22N6O. The topological polar surface area (TPSA) is 99.6 Å². The first kappa shape index (κ1) is 22.3. The molecule has 6 aromatic rings. The fourth-order valence-electron chi connectivity index (χ4n) is 4.62. The molecule has 0 fully saturated rings. The first-order valence-electron chi connectivity index (χ1n) is 11.8. The average Bonchev–Trinajstić information content (AvgIpc) is 3.38. The number of benzene rings is 3. The van der Waals surface area contributed by atoms with Crippen LogP contribution in [0.2, 0.25) is 0 Å². The Kier molecular flexibility index (Phi) is 5.71. The average molecular weight is 483 g/mol. The highest BCUT2D eigenvalue weighted by Crippen LogP contribution is 2.37. The number of carbonyl (C=O) groups excluding carboxylic acids is 1. The SMILES string of the molecule is NC(=O)C(c1ccc(-c2ccccc2)cn1)n1nnc(-c2ccncc2)c1-c1cccc2ccccc12. The van der Waals surface area contributed by atoms with Crippen LogP contribution >= 0.6 is 0 Å². The van der Waals surface area contributed by atoms with Crippen molar-refractivity contribution in [3.05, 3.63) is 121 Å². The highest BCUT2D eigenvalue weighted by molar-refractivity contribution is 5.99. The first-order valence-corrected chi connectivity index (χ1v) is 11.8. The van der Waals surface area contributed by atoms with Gasteiger partial charge in [0.25, 0.3) is 0 Å². The number of nitrogens with two attached hydrogens (primary N) is 1. The molecule has 3 aromatic carbocycles. The van der Waals surface area contributed by atoms with Gasteiger partial charge in [-0.15, -0.1) is 5.10 Å². The normalized spacial score (nSPS) is 11.9. The van der Waals surface area contributed by atoms with E-state index in [2.05, 4.69) is 32.4 Å². The van der Waals surface area contributed by atoms with Crippen LogP contribution in [0, 0.1) is 0 Å². The minimum absolute atomic E-state index is 0.486. The van der Waals surface area contributed by atoms with Crippen LogP contribution in [0.4, 0.5) is 0 Å². The summed E-state index contributed by atoms with van der Waals surface area (Å²) in [4.78, 5) is 21.7. The van der Waals surface area contributed by atoms with Gasteiger partial charge in [0.15, 0.2) is 6.04 Å². The van der Waals surface area contributed by atoms with Gasteiger partial charge in [0, 0.05) is 35.3 Å². The van der Waals surface area contributed by atoms with Crippen LogP contribution in [0.15, 0.2) is 116 Å². The molecule has 1 unspecified atom stereocenters. The zero-order chi connectivity index (χ0) is 25.2. The van der Waals surface area contributed by atoms with Crippen molar-refractivity contribution in [2.24, 2.45) is 5.73 Å². The molecule has 37 heavy (non-hydrogen) atoms. The van der Waals surface area contributed by atoms with Crippen molar-refractivity contribution in [1.29, 1.82) is 0 Å². The van der Waals surface area contributed by atoms with Gasteiger partial charge in [-0.2, -0.15) is 0 Å². The lowest BCUT2D eigenvalue weighted by molar-refractivity contribution is -0.120. The van der Waals surface area contributed by atoms with E-state index < -0.39 is 11.9 Å². The number of amides is 1. The van der Waals surface area contributed by atoms with E-state index in [0.29, 0.717) is 17.1 Å². The molecule has 0 saturated carbocycles. The number of fused-ring (bicyclic) bond motifs is 1. The molecule has 0 aliphatic rings. The Balaban J connectivity index is 1.55. The predicted molar refractivity (Wildman–Crippen MR) is 143 cm³/mol. The Bertz CT molecular complexity index is 1690. The number of primary amides is 1. The smallest absolute Gasteiger partial charge is 0.248 e. The van der Waals surface area contributed by atoms with Crippen molar-refractivity contribution < 1.29 is 4.79 Å². The number of carbonyl (C=O) groups is 1. The number of nitrogens with zero attached hydrogens (tertiary/aromatic N) is 5. The Labute approximate surface area is 213 Å². The molecule has 0 radical (unpaired) electrons. The zero-order valence-corrected chi connectivity index (χ0v) is 19.8. The van der Waals surface area contributed by atoms with E-state index in [4.69, 9.17) is 5.73 Å². The van der Waals surface area contributed by atoms with Crippen LogP contribution < -0.4 is 5.73 Å². The molecule has 0 spiro atoms. The lowest BCUT2D eigenvalue weighted by Gasteiger charge is -2.18. The van der Waals surface area contributed by atoms with Crippen molar-refractivity contribution in [3.63, 3.8) is 0 Å². The summed E-state index contributed by atoms with van der Waals surface area (Å²) in [5.74, 6) is -0.576. The van der Waals surface area contributed by atoms with Crippen LogP contribution in [0.5, 0.6) is 0 Å². The number of aromatic nitrogens is 5. The van der Waals surface area contributed by atoms with Gasteiger partial charge in [0.1, 0.15) is 5.69 Å². The van der Waals surface area contributed by atoms with E-state index in [1.807, 2.05) is 84.9 Å². The maximum Gasteiger partial charge on any atom is 0.248 e. The minimum atomic E-state index is -0.957. The van der Waals surface area contributed by atoms with E-state index in [-0.39, 0.29) is 0 Å². The molecule has 1 atom stereocenters. The van der Waals surface area contributed by atoms with Crippen LogP contribution in [-0.4, -0.2) is 30.9 Å². The second-order valence-electron chi connectivity index (χ2n) is 8.64. The summed E-state index contributed by atoms with van der Waals surface area (Å²) in [5.41, 5.74) is 11.5. The zero-order valence-electron chi connectivity index (χ0n) is 19.8. The van der Waals surface area contributed by atoms with E-state index >= 15 is 0 Å². The van der Waals surface area contributed by atoms with Crippen molar-refractivity contribution in [3.8, 4) is 33.6 Å². The molecule has 178 valence electrons. The summed E-state index contributed by atoms with van der Waals surface area (Å²) >= 11 is 0. The Morgan fingerprint density at radius 3 is 2.27 bits per heavy atom. The second kappa shape index (κ2) is 9.47. The number of rotatable bonds is 6. The molecule has 3 aromatic heterocycles. The Morgan fingerprint density at radius 1 is 0.757 bits per heavy atom. The van der Waals surface area contributed by atoms with Crippen molar-refractivity contribution in [2.75, 3.05) is 0 Å².